The lowest BCUT2D eigenvalue weighted by Gasteiger charge is -2.00. The molecule has 0 radical (unpaired) electrons. The van der Waals surface area contributed by atoms with Gasteiger partial charge >= 0.3 is 5.97 Å². The molecule has 0 amide bonds. The molecular formula is C7H8N2O3S2. The number of nitrogens with zero attached hydrogens (tertiary/aromatic N) is 2. The summed E-state index contributed by atoms with van der Waals surface area (Å²) < 4.78 is 3.45. The Morgan fingerprint density at radius 3 is 2.64 bits per heavy atom. The van der Waals surface area contributed by atoms with Crippen molar-refractivity contribution in [1.82, 2.24) is 9.59 Å². The monoisotopic (exact) mass is 232 g/mol. The highest BCUT2D eigenvalue weighted by Crippen LogP contribution is 2.21. The summed E-state index contributed by atoms with van der Waals surface area (Å²) in [7, 11) is 0. The van der Waals surface area contributed by atoms with Crippen molar-refractivity contribution >= 4 is 34.4 Å². The second-order valence-electron chi connectivity index (χ2n) is 2.71. The van der Waals surface area contributed by atoms with E-state index >= 15 is 0 Å². The van der Waals surface area contributed by atoms with Crippen LogP contribution in [0.15, 0.2) is 0 Å². The van der Waals surface area contributed by atoms with Crippen molar-refractivity contribution < 1.29 is 14.7 Å². The van der Waals surface area contributed by atoms with Gasteiger partial charge in [-0.15, -0.1) is 5.10 Å². The van der Waals surface area contributed by atoms with Crippen LogP contribution in [0.3, 0.4) is 0 Å². The molecule has 0 aliphatic rings. The minimum atomic E-state index is -1.22. The molecule has 1 rings (SSSR count). The number of thioether (sulfide) groups is 1. The first kappa shape index (κ1) is 11.1. The number of hydrogen-bond donors (Lipinski definition) is 1. The van der Waals surface area contributed by atoms with Gasteiger partial charge in [0.25, 0.3) is 0 Å². The summed E-state index contributed by atoms with van der Waals surface area (Å²) in [5, 5.41) is 11.9. The van der Waals surface area contributed by atoms with Crippen LogP contribution >= 0.6 is 23.3 Å². The second-order valence-corrected chi connectivity index (χ2v) is 5.01. The molecule has 1 aromatic rings. The Morgan fingerprint density at radius 1 is 1.50 bits per heavy atom. The Bertz CT molecular complexity index is 362. The smallest absolute Gasteiger partial charge is 0.358 e. The summed E-state index contributed by atoms with van der Waals surface area (Å²) in [5.74, 6) is -1.22. The summed E-state index contributed by atoms with van der Waals surface area (Å²) in [6, 6.07) is 0. The molecule has 0 bridgehead atoms. The van der Waals surface area contributed by atoms with E-state index in [4.69, 9.17) is 5.11 Å². The van der Waals surface area contributed by atoms with E-state index in [-0.39, 0.29) is 20.9 Å². The largest absolute Gasteiger partial charge is 0.476 e. The van der Waals surface area contributed by atoms with Crippen molar-refractivity contribution in [3.63, 3.8) is 0 Å². The fraction of sp³-hybridized carbons (Fsp3) is 0.429. The Balaban J connectivity index is 2.90. The molecule has 0 spiro atoms. The number of carbonyl (C=O) groups is 2. The van der Waals surface area contributed by atoms with Gasteiger partial charge in [-0.3, -0.25) is 4.79 Å². The van der Waals surface area contributed by atoms with Crippen LogP contribution in [0.2, 0.25) is 0 Å². The maximum Gasteiger partial charge on any atom is 0.358 e. The van der Waals surface area contributed by atoms with Crippen LogP contribution in [0.4, 0.5) is 0 Å². The van der Waals surface area contributed by atoms with E-state index in [1.54, 1.807) is 0 Å². The maximum atomic E-state index is 11.5. The Hall–Kier alpha value is -0.950. The Labute approximate surface area is 88.7 Å². The molecule has 0 saturated carbocycles. The van der Waals surface area contributed by atoms with Crippen LogP contribution in [-0.4, -0.2) is 31.0 Å². The van der Waals surface area contributed by atoms with Crippen LogP contribution in [0.1, 0.15) is 34.0 Å². The van der Waals surface area contributed by atoms with Gasteiger partial charge < -0.3 is 5.11 Å². The summed E-state index contributed by atoms with van der Waals surface area (Å²) in [6.07, 6.45) is 0. The lowest BCUT2D eigenvalue weighted by Crippen LogP contribution is -2.05. The van der Waals surface area contributed by atoms with E-state index < -0.39 is 5.97 Å². The van der Waals surface area contributed by atoms with Crippen LogP contribution in [0.25, 0.3) is 0 Å². The number of rotatable bonds is 3. The molecule has 14 heavy (non-hydrogen) atoms. The molecule has 1 heterocycles. The lowest BCUT2D eigenvalue weighted by molar-refractivity contribution is 0.0687. The molecule has 0 aromatic carbocycles. The van der Waals surface area contributed by atoms with E-state index in [0.29, 0.717) is 0 Å². The highest BCUT2D eigenvalue weighted by Gasteiger charge is 2.22. The van der Waals surface area contributed by atoms with E-state index in [0.717, 1.165) is 23.3 Å². The standard InChI is InChI=1S/C7H8N2O3S2/c1-3(2)13-7(12)5-4(6(10)11)8-9-14-5/h3H,1-2H3,(H,10,11). The van der Waals surface area contributed by atoms with Crippen LogP contribution in [0.5, 0.6) is 0 Å². The zero-order valence-electron chi connectivity index (χ0n) is 7.55. The number of aromatic carboxylic acids is 1. The maximum absolute atomic E-state index is 11.5. The predicted molar refractivity (Wildman–Crippen MR) is 53.9 cm³/mol. The number of carbonyl (C=O) groups excluding carboxylic acids is 1. The van der Waals surface area contributed by atoms with E-state index in [9.17, 15) is 9.59 Å². The third-order valence-electron chi connectivity index (χ3n) is 1.22. The zero-order valence-corrected chi connectivity index (χ0v) is 9.18. The van der Waals surface area contributed by atoms with E-state index in [1.807, 2.05) is 13.8 Å². The van der Waals surface area contributed by atoms with Gasteiger partial charge in [-0.2, -0.15) is 0 Å². The highest BCUT2D eigenvalue weighted by molar-refractivity contribution is 8.14. The van der Waals surface area contributed by atoms with Gasteiger partial charge in [0.15, 0.2) is 5.69 Å². The summed E-state index contributed by atoms with van der Waals surface area (Å²) in [5.41, 5.74) is -0.256. The van der Waals surface area contributed by atoms with Crippen molar-refractivity contribution in [2.24, 2.45) is 0 Å². The minimum Gasteiger partial charge on any atom is -0.476 e. The van der Waals surface area contributed by atoms with Crippen molar-refractivity contribution in [2.45, 2.75) is 19.1 Å². The topological polar surface area (TPSA) is 80.2 Å². The van der Waals surface area contributed by atoms with Gasteiger partial charge in [0.05, 0.1) is 0 Å². The van der Waals surface area contributed by atoms with Crippen molar-refractivity contribution in [3.8, 4) is 0 Å². The zero-order chi connectivity index (χ0) is 10.7. The van der Waals surface area contributed by atoms with E-state index in [2.05, 4.69) is 9.59 Å². The molecule has 1 aromatic heterocycles. The summed E-state index contributed by atoms with van der Waals surface area (Å²) in [4.78, 5) is 22.2. The molecule has 0 saturated heterocycles. The van der Waals surface area contributed by atoms with Gasteiger partial charge in [-0.25, -0.2) is 4.79 Å². The molecule has 7 heteroatoms. The van der Waals surface area contributed by atoms with Gasteiger partial charge in [0.1, 0.15) is 4.88 Å². The molecule has 5 nitrogen and oxygen atoms in total. The summed E-state index contributed by atoms with van der Waals surface area (Å²) in [6.45, 7) is 3.72. The minimum absolute atomic E-state index is 0.108. The first-order valence-corrected chi connectivity index (χ1v) is 5.44. The van der Waals surface area contributed by atoms with Gasteiger partial charge in [-0.05, 0) is 11.5 Å². The highest BCUT2D eigenvalue weighted by atomic mass is 32.2. The summed E-state index contributed by atoms with van der Waals surface area (Å²) >= 11 is 1.89. The SMILES string of the molecule is CC(C)SC(=O)c1snnc1C(=O)O. The Morgan fingerprint density at radius 2 is 2.14 bits per heavy atom. The third kappa shape index (κ3) is 2.52. The molecular weight excluding hydrogens is 224 g/mol. The van der Waals surface area contributed by atoms with Gasteiger partial charge in [0.2, 0.25) is 5.12 Å². The van der Waals surface area contributed by atoms with Crippen LogP contribution in [0, 0.1) is 0 Å². The van der Waals surface area contributed by atoms with Gasteiger partial charge in [-0.1, -0.05) is 30.1 Å². The van der Waals surface area contributed by atoms with Gasteiger partial charge in [0, 0.05) is 5.25 Å². The van der Waals surface area contributed by atoms with Crippen molar-refractivity contribution in [3.05, 3.63) is 10.6 Å². The number of aromatic nitrogens is 2. The first-order valence-electron chi connectivity index (χ1n) is 3.79. The number of carboxylic acids is 1. The lowest BCUT2D eigenvalue weighted by atomic mass is 10.4. The van der Waals surface area contributed by atoms with E-state index in [1.165, 1.54) is 0 Å². The molecule has 0 aliphatic carbocycles. The molecule has 1 N–H and O–H groups in total. The average molecular weight is 232 g/mol. The van der Waals surface area contributed by atoms with Crippen LogP contribution < -0.4 is 0 Å². The Kier molecular flexibility index (Phi) is 3.59. The third-order valence-corrected chi connectivity index (χ3v) is 2.96. The second kappa shape index (κ2) is 4.52. The quantitative estimate of drug-likeness (QED) is 0.851. The molecule has 0 fully saturated rings. The fourth-order valence-corrected chi connectivity index (χ4v) is 2.11. The fourth-order valence-electron chi connectivity index (χ4n) is 0.732. The van der Waals surface area contributed by atoms with Crippen molar-refractivity contribution in [2.75, 3.05) is 0 Å². The first-order chi connectivity index (χ1) is 6.52. The molecule has 76 valence electrons. The predicted octanol–water partition coefficient (Wildman–Crippen LogP) is 1.52. The number of carboxylic acid groups (broad SMARTS) is 1. The van der Waals surface area contributed by atoms with Crippen molar-refractivity contribution in [1.29, 1.82) is 0 Å². The number of hydrogen-bond acceptors (Lipinski definition) is 6. The average Bonchev–Trinajstić information content (AvgIpc) is 2.49. The van der Waals surface area contributed by atoms with Crippen LogP contribution in [-0.2, 0) is 0 Å². The normalized spacial score (nSPS) is 10.5. The molecule has 0 unspecified atom stereocenters. The molecule has 0 aliphatic heterocycles. The molecule has 0 atom stereocenters.